The summed E-state index contributed by atoms with van der Waals surface area (Å²) in [5.74, 6) is 0. The molecule has 0 aliphatic rings. The van der Waals surface area contributed by atoms with E-state index >= 15 is 0 Å². The van der Waals surface area contributed by atoms with Crippen LogP contribution in [0.2, 0.25) is 0 Å². The van der Waals surface area contributed by atoms with Crippen LogP contribution in [-0.2, 0) is 6.42 Å². The molecule has 0 saturated carbocycles. The molecule has 96 valence electrons. The van der Waals surface area contributed by atoms with Crippen molar-refractivity contribution in [3.63, 3.8) is 0 Å². The van der Waals surface area contributed by atoms with Crippen LogP contribution in [0.4, 0.5) is 0 Å². The van der Waals surface area contributed by atoms with Gasteiger partial charge in [0, 0.05) is 0 Å². The summed E-state index contributed by atoms with van der Waals surface area (Å²) in [5, 5.41) is 19.5. The highest BCUT2D eigenvalue weighted by molar-refractivity contribution is 5.33. The van der Waals surface area contributed by atoms with Gasteiger partial charge in [0.2, 0.25) is 0 Å². The first-order valence-corrected chi connectivity index (χ1v) is 6.47. The van der Waals surface area contributed by atoms with Crippen LogP contribution < -0.4 is 0 Å². The maximum atomic E-state index is 9.82. The largest absolute Gasteiger partial charge is 0.390 e. The van der Waals surface area contributed by atoms with Crippen molar-refractivity contribution >= 4 is 0 Å². The summed E-state index contributed by atoms with van der Waals surface area (Å²) in [6.45, 7) is 6.22. The monoisotopic (exact) mass is 236 g/mol. The second kappa shape index (κ2) is 6.77. The van der Waals surface area contributed by atoms with Crippen LogP contribution in [0.3, 0.4) is 0 Å². The Morgan fingerprint density at radius 3 is 2.35 bits per heavy atom. The molecule has 0 amide bonds. The van der Waals surface area contributed by atoms with Gasteiger partial charge in [0.25, 0.3) is 0 Å². The molecule has 0 bridgehead atoms. The number of hydrogen-bond donors (Lipinski definition) is 2. The first kappa shape index (κ1) is 14.2. The molecule has 1 aromatic carbocycles. The smallest absolute Gasteiger partial charge is 0.0802 e. The number of aliphatic hydroxyl groups is 2. The predicted octanol–water partition coefficient (Wildman–Crippen LogP) is 2.76. The van der Waals surface area contributed by atoms with Gasteiger partial charge in [-0.05, 0) is 49.8 Å². The first-order chi connectivity index (χ1) is 8.06. The van der Waals surface area contributed by atoms with Gasteiger partial charge in [-0.25, -0.2) is 0 Å². The molecule has 2 heteroatoms. The molecule has 2 nitrogen and oxygen atoms in total. The Morgan fingerprint density at radius 2 is 1.71 bits per heavy atom. The fourth-order valence-electron chi connectivity index (χ4n) is 2.07. The number of rotatable bonds is 6. The predicted molar refractivity (Wildman–Crippen MR) is 71.2 cm³/mol. The molecule has 0 fully saturated rings. The lowest BCUT2D eigenvalue weighted by Crippen LogP contribution is -2.26. The molecule has 0 heterocycles. The summed E-state index contributed by atoms with van der Waals surface area (Å²) < 4.78 is 0. The minimum atomic E-state index is -0.602. The molecule has 1 rings (SSSR count). The average Bonchev–Trinajstić information content (AvgIpc) is 2.31. The van der Waals surface area contributed by atoms with Gasteiger partial charge in [0.1, 0.15) is 0 Å². The number of benzene rings is 1. The molecule has 0 saturated heterocycles. The Kier molecular flexibility index (Phi) is 5.66. The van der Waals surface area contributed by atoms with Crippen LogP contribution in [0.5, 0.6) is 0 Å². The SMILES string of the molecule is CCCC(O)C(O)CCc1cccc(C)c1C. The molecule has 0 aromatic heterocycles. The van der Waals surface area contributed by atoms with E-state index in [0.717, 1.165) is 12.8 Å². The first-order valence-electron chi connectivity index (χ1n) is 6.47. The Bertz CT molecular complexity index is 347. The van der Waals surface area contributed by atoms with E-state index in [4.69, 9.17) is 0 Å². The number of aliphatic hydroxyl groups excluding tert-OH is 2. The third kappa shape index (κ3) is 4.14. The third-order valence-electron chi connectivity index (χ3n) is 3.45. The zero-order valence-electron chi connectivity index (χ0n) is 11.1. The van der Waals surface area contributed by atoms with Crippen molar-refractivity contribution in [2.45, 2.75) is 58.7 Å². The lowest BCUT2D eigenvalue weighted by atomic mass is 9.96. The molecular weight excluding hydrogens is 212 g/mol. The molecule has 1 aromatic rings. The van der Waals surface area contributed by atoms with E-state index in [1.807, 2.05) is 13.0 Å². The van der Waals surface area contributed by atoms with Crippen molar-refractivity contribution in [1.82, 2.24) is 0 Å². The second-order valence-electron chi connectivity index (χ2n) is 4.82. The summed E-state index contributed by atoms with van der Waals surface area (Å²) in [6, 6.07) is 6.25. The van der Waals surface area contributed by atoms with Crippen molar-refractivity contribution in [2.24, 2.45) is 0 Å². The van der Waals surface area contributed by atoms with Gasteiger partial charge in [-0.2, -0.15) is 0 Å². The van der Waals surface area contributed by atoms with Crippen molar-refractivity contribution in [3.05, 3.63) is 34.9 Å². The molecule has 0 spiro atoms. The van der Waals surface area contributed by atoms with E-state index in [1.54, 1.807) is 0 Å². The highest BCUT2D eigenvalue weighted by Gasteiger charge is 2.15. The standard InChI is InChI=1S/C15H24O2/c1-4-6-14(16)15(17)10-9-13-8-5-7-11(2)12(13)3/h5,7-8,14-17H,4,6,9-10H2,1-3H3. The Hall–Kier alpha value is -0.860. The minimum absolute atomic E-state index is 0.579. The highest BCUT2D eigenvalue weighted by atomic mass is 16.3. The summed E-state index contributed by atoms with van der Waals surface area (Å²) >= 11 is 0. The van der Waals surface area contributed by atoms with Crippen LogP contribution in [0.15, 0.2) is 18.2 Å². The lowest BCUT2D eigenvalue weighted by molar-refractivity contribution is 0.00979. The Labute approximate surface area is 104 Å². The topological polar surface area (TPSA) is 40.5 Å². The Morgan fingerprint density at radius 1 is 1.06 bits per heavy atom. The fourth-order valence-corrected chi connectivity index (χ4v) is 2.07. The van der Waals surface area contributed by atoms with E-state index in [1.165, 1.54) is 16.7 Å². The van der Waals surface area contributed by atoms with Gasteiger partial charge in [-0.15, -0.1) is 0 Å². The molecule has 17 heavy (non-hydrogen) atoms. The molecule has 2 N–H and O–H groups in total. The average molecular weight is 236 g/mol. The third-order valence-corrected chi connectivity index (χ3v) is 3.45. The Balaban J connectivity index is 2.52. The number of aryl methyl sites for hydroxylation is 2. The van der Waals surface area contributed by atoms with Crippen LogP contribution in [0.25, 0.3) is 0 Å². The van der Waals surface area contributed by atoms with Crippen LogP contribution >= 0.6 is 0 Å². The van der Waals surface area contributed by atoms with Crippen LogP contribution in [-0.4, -0.2) is 22.4 Å². The quantitative estimate of drug-likeness (QED) is 0.797. The molecule has 2 atom stereocenters. The zero-order valence-corrected chi connectivity index (χ0v) is 11.1. The van der Waals surface area contributed by atoms with E-state index in [-0.39, 0.29) is 0 Å². The van der Waals surface area contributed by atoms with Crippen molar-refractivity contribution in [2.75, 3.05) is 0 Å². The summed E-state index contributed by atoms with van der Waals surface area (Å²) in [6.07, 6.45) is 1.86. The molecule has 2 unspecified atom stereocenters. The van der Waals surface area contributed by atoms with Gasteiger partial charge in [0.05, 0.1) is 12.2 Å². The summed E-state index contributed by atoms with van der Waals surface area (Å²) in [7, 11) is 0. The molecule has 0 aliphatic carbocycles. The van der Waals surface area contributed by atoms with Crippen molar-refractivity contribution in [1.29, 1.82) is 0 Å². The molecular formula is C15H24O2. The van der Waals surface area contributed by atoms with E-state index < -0.39 is 12.2 Å². The van der Waals surface area contributed by atoms with Gasteiger partial charge in [-0.3, -0.25) is 0 Å². The maximum absolute atomic E-state index is 9.82. The van der Waals surface area contributed by atoms with E-state index in [2.05, 4.69) is 26.0 Å². The van der Waals surface area contributed by atoms with Gasteiger partial charge < -0.3 is 10.2 Å². The highest BCUT2D eigenvalue weighted by Crippen LogP contribution is 2.16. The second-order valence-corrected chi connectivity index (χ2v) is 4.82. The zero-order chi connectivity index (χ0) is 12.8. The normalized spacial score (nSPS) is 14.6. The minimum Gasteiger partial charge on any atom is -0.390 e. The van der Waals surface area contributed by atoms with Crippen LogP contribution in [0, 0.1) is 13.8 Å². The lowest BCUT2D eigenvalue weighted by Gasteiger charge is -2.17. The van der Waals surface area contributed by atoms with Crippen LogP contribution in [0.1, 0.15) is 42.9 Å². The maximum Gasteiger partial charge on any atom is 0.0802 e. The van der Waals surface area contributed by atoms with Gasteiger partial charge >= 0.3 is 0 Å². The van der Waals surface area contributed by atoms with Crippen molar-refractivity contribution in [3.8, 4) is 0 Å². The van der Waals surface area contributed by atoms with Gasteiger partial charge in [-0.1, -0.05) is 31.5 Å². The van der Waals surface area contributed by atoms with Gasteiger partial charge in [0.15, 0.2) is 0 Å². The summed E-state index contributed by atoms with van der Waals surface area (Å²) in [5.41, 5.74) is 3.85. The summed E-state index contributed by atoms with van der Waals surface area (Å²) in [4.78, 5) is 0. The van der Waals surface area contributed by atoms with Crippen molar-refractivity contribution < 1.29 is 10.2 Å². The van der Waals surface area contributed by atoms with E-state index in [0.29, 0.717) is 12.8 Å². The molecule has 0 radical (unpaired) electrons. The van der Waals surface area contributed by atoms with E-state index in [9.17, 15) is 10.2 Å². The number of hydrogen-bond acceptors (Lipinski definition) is 2. The fraction of sp³-hybridized carbons (Fsp3) is 0.600. The molecule has 0 aliphatic heterocycles.